The highest BCUT2D eigenvalue weighted by Crippen LogP contribution is 2.37. The smallest absolute Gasteiger partial charge is 0.0176 e. The van der Waals surface area contributed by atoms with Crippen molar-refractivity contribution in [1.82, 2.24) is 0 Å². The van der Waals surface area contributed by atoms with Crippen molar-refractivity contribution in [2.24, 2.45) is 5.41 Å². The molecule has 0 radical (unpaired) electrons. The zero-order valence-corrected chi connectivity index (χ0v) is 21.8. The van der Waals surface area contributed by atoms with Gasteiger partial charge in [0.25, 0.3) is 0 Å². The lowest BCUT2D eigenvalue weighted by Gasteiger charge is -2.35. The van der Waals surface area contributed by atoms with E-state index < -0.39 is 0 Å². The summed E-state index contributed by atoms with van der Waals surface area (Å²) in [6.07, 6.45) is 15.3. The standard InChI is InChI=1S/C31H40ClP/c32-33-24-16-5-3-1-2-4-15-23-31(25-28-17-9-6-10-18-28,26-29-19-11-7-12-20-29)27-30-21-13-8-14-22-30/h6-14,17-22,33H,1-5,15-16,23-27H2. The lowest BCUT2D eigenvalue weighted by atomic mass is 9.69. The van der Waals surface area contributed by atoms with Crippen molar-refractivity contribution >= 4 is 19.2 Å². The van der Waals surface area contributed by atoms with Gasteiger partial charge in [0.1, 0.15) is 0 Å². The molecule has 0 fully saturated rings. The number of rotatable bonds is 16. The largest absolute Gasteiger partial charge is 0.100 e. The molecule has 0 nitrogen and oxygen atoms in total. The van der Waals surface area contributed by atoms with Crippen LogP contribution in [0.4, 0.5) is 0 Å². The molecule has 1 unspecified atom stereocenters. The topological polar surface area (TPSA) is 0 Å². The summed E-state index contributed by atoms with van der Waals surface area (Å²) in [5, 5.41) is 0. The molecule has 176 valence electrons. The highest BCUT2D eigenvalue weighted by molar-refractivity contribution is 7.68. The Balaban J connectivity index is 1.69. The van der Waals surface area contributed by atoms with E-state index in [0.717, 1.165) is 19.3 Å². The van der Waals surface area contributed by atoms with Crippen LogP contribution in [0.25, 0.3) is 0 Å². The van der Waals surface area contributed by atoms with E-state index in [0.29, 0.717) is 7.93 Å². The Hall–Kier alpha value is -1.62. The molecule has 0 heterocycles. The van der Waals surface area contributed by atoms with Crippen LogP contribution in [0.15, 0.2) is 91.0 Å². The number of halogens is 1. The van der Waals surface area contributed by atoms with Crippen molar-refractivity contribution < 1.29 is 0 Å². The second-order valence-corrected chi connectivity index (χ2v) is 11.2. The second kappa shape index (κ2) is 15.3. The Bertz CT molecular complexity index is 762. The average molecular weight is 479 g/mol. The number of benzene rings is 3. The van der Waals surface area contributed by atoms with E-state index >= 15 is 0 Å². The molecule has 3 aromatic rings. The van der Waals surface area contributed by atoms with Crippen LogP contribution >= 0.6 is 19.2 Å². The van der Waals surface area contributed by atoms with Crippen LogP contribution in [0.3, 0.4) is 0 Å². The lowest BCUT2D eigenvalue weighted by Crippen LogP contribution is -2.30. The summed E-state index contributed by atoms with van der Waals surface area (Å²) < 4.78 is 0. The molecule has 3 rings (SSSR count). The van der Waals surface area contributed by atoms with Crippen LogP contribution in [0.2, 0.25) is 0 Å². The van der Waals surface area contributed by atoms with Gasteiger partial charge in [0.15, 0.2) is 0 Å². The van der Waals surface area contributed by atoms with Crippen molar-refractivity contribution in [1.29, 1.82) is 0 Å². The molecule has 0 aliphatic heterocycles. The Morgan fingerprint density at radius 1 is 0.485 bits per heavy atom. The minimum atomic E-state index is 0.241. The fraction of sp³-hybridized carbons (Fsp3) is 0.419. The van der Waals surface area contributed by atoms with Gasteiger partial charge < -0.3 is 0 Å². The molecule has 0 aliphatic rings. The third kappa shape index (κ3) is 10.0. The molecule has 3 aromatic carbocycles. The monoisotopic (exact) mass is 478 g/mol. The van der Waals surface area contributed by atoms with Gasteiger partial charge in [-0.25, -0.2) is 0 Å². The molecule has 0 N–H and O–H groups in total. The Labute approximate surface area is 208 Å². The number of hydrogen-bond donors (Lipinski definition) is 0. The van der Waals surface area contributed by atoms with Gasteiger partial charge in [0.05, 0.1) is 0 Å². The van der Waals surface area contributed by atoms with Crippen LogP contribution in [0, 0.1) is 5.41 Å². The van der Waals surface area contributed by atoms with E-state index in [2.05, 4.69) is 91.0 Å². The van der Waals surface area contributed by atoms with Gasteiger partial charge in [-0.3, -0.25) is 0 Å². The maximum Gasteiger partial charge on any atom is -0.0176 e. The average Bonchev–Trinajstić information content (AvgIpc) is 2.85. The molecule has 0 amide bonds. The first-order valence-corrected chi connectivity index (χ1v) is 15.0. The molecule has 1 atom stereocenters. The van der Waals surface area contributed by atoms with Crippen LogP contribution in [-0.4, -0.2) is 6.16 Å². The molecule has 33 heavy (non-hydrogen) atoms. The van der Waals surface area contributed by atoms with E-state index in [1.165, 1.54) is 74.2 Å². The summed E-state index contributed by atoms with van der Waals surface area (Å²) in [6, 6.07) is 33.4. The van der Waals surface area contributed by atoms with Gasteiger partial charge in [0, 0.05) is 0 Å². The molecule has 0 aliphatic carbocycles. The zero-order chi connectivity index (χ0) is 23.0. The van der Waals surface area contributed by atoms with Crippen molar-refractivity contribution in [2.45, 2.75) is 70.6 Å². The van der Waals surface area contributed by atoms with Gasteiger partial charge in [0.2, 0.25) is 0 Å². The molecular weight excluding hydrogens is 439 g/mol. The zero-order valence-electron chi connectivity index (χ0n) is 20.0. The summed E-state index contributed by atoms with van der Waals surface area (Å²) >= 11 is 5.83. The lowest BCUT2D eigenvalue weighted by molar-refractivity contribution is 0.243. The van der Waals surface area contributed by atoms with Gasteiger partial charge >= 0.3 is 0 Å². The number of unbranched alkanes of at least 4 members (excludes halogenated alkanes) is 6. The van der Waals surface area contributed by atoms with E-state index in [1.54, 1.807) is 0 Å². The molecule has 0 aromatic heterocycles. The fourth-order valence-electron chi connectivity index (χ4n) is 5.11. The van der Waals surface area contributed by atoms with Crippen LogP contribution in [0.1, 0.15) is 68.1 Å². The maximum absolute atomic E-state index is 5.83. The van der Waals surface area contributed by atoms with E-state index in [1.807, 2.05) is 0 Å². The molecule has 2 heteroatoms. The third-order valence-corrected chi connectivity index (χ3v) is 7.85. The highest BCUT2D eigenvalue weighted by Gasteiger charge is 2.30. The van der Waals surface area contributed by atoms with Gasteiger partial charge in [-0.1, -0.05) is 130 Å². The molecule has 0 spiro atoms. The summed E-state index contributed by atoms with van der Waals surface area (Å²) in [7, 11) is 0.599. The highest BCUT2D eigenvalue weighted by atomic mass is 35.7. The van der Waals surface area contributed by atoms with Gasteiger partial charge in [-0.15, -0.1) is 11.2 Å². The van der Waals surface area contributed by atoms with Gasteiger partial charge in [-0.2, -0.15) is 0 Å². The molecule has 0 bridgehead atoms. The minimum Gasteiger partial charge on any atom is -0.100 e. The molecule has 0 saturated carbocycles. The minimum absolute atomic E-state index is 0.241. The van der Waals surface area contributed by atoms with E-state index in [9.17, 15) is 0 Å². The summed E-state index contributed by atoms with van der Waals surface area (Å²) in [4.78, 5) is 0. The van der Waals surface area contributed by atoms with Gasteiger partial charge in [-0.05, 0) is 68.3 Å². The van der Waals surface area contributed by atoms with Crippen LogP contribution in [-0.2, 0) is 19.3 Å². The predicted octanol–water partition coefficient (Wildman–Crippen LogP) is 9.65. The Morgan fingerprint density at radius 2 is 0.848 bits per heavy atom. The maximum atomic E-state index is 5.83. The second-order valence-electron chi connectivity index (χ2n) is 9.60. The van der Waals surface area contributed by atoms with Crippen molar-refractivity contribution in [3.8, 4) is 0 Å². The quantitative estimate of drug-likeness (QED) is 0.142. The van der Waals surface area contributed by atoms with E-state index in [4.69, 9.17) is 11.2 Å². The first-order chi connectivity index (χ1) is 16.3. The van der Waals surface area contributed by atoms with Crippen molar-refractivity contribution in [2.75, 3.05) is 6.16 Å². The van der Waals surface area contributed by atoms with Crippen molar-refractivity contribution in [3.05, 3.63) is 108 Å². The van der Waals surface area contributed by atoms with E-state index in [-0.39, 0.29) is 5.41 Å². The predicted molar refractivity (Wildman–Crippen MR) is 149 cm³/mol. The SMILES string of the molecule is ClPCCCCCCCCCC(Cc1ccccc1)(Cc1ccccc1)Cc1ccccc1. The Kier molecular flexibility index (Phi) is 12.1. The summed E-state index contributed by atoms with van der Waals surface area (Å²) in [5.74, 6) is 0. The first-order valence-electron chi connectivity index (χ1n) is 12.7. The number of hydrogen-bond acceptors (Lipinski definition) is 0. The molecule has 0 saturated heterocycles. The first kappa shape index (κ1) is 26.0. The third-order valence-electron chi connectivity index (χ3n) is 6.74. The fourth-order valence-corrected chi connectivity index (χ4v) is 5.90. The van der Waals surface area contributed by atoms with Crippen LogP contribution in [0.5, 0.6) is 0 Å². The summed E-state index contributed by atoms with van der Waals surface area (Å²) in [5.41, 5.74) is 4.63. The molecular formula is C31H40ClP. The summed E-state index contributed by atoms with van der Waals surface area (Å²) in [6.45, 7) is 0. The Morgan fingerprint density at radius 3 is 1.24 bits per heavy atom. The van der Waals surface area contributed by atoms with Crippen molar-refractivity contribution in [3.63, 3.8) is 0 Å². The normalized spacial score (nSPS) is 11.9. The van der Waals surface area contributed by atoms with Crippen LogP contribution < -0.4 is 0 Å².